The van der Waals surface area contributed by atoms with E-state index in [1.54, 1.807) is 11.8 Å². The van der Waals surface area contributed by atoms with Gasteiger partial charge in [0.25, 0.3) is 0 Å². The lowest BCUT2D eigenvalue weighted by Crippen LogP contribution is -2.36. The first-order chi connectivity index (χ1) is 13.9. The van der Waals surface area contributed by atoms with Crippen LogP contribution in [-0.4, -0.2) is 35.7 Å². The molecule has 0 aliphatic carbocycles. The summed E-state index contributed by atoms with van der Waals surface area (Å²) in [6.45, 7) is 3.20. The molecule has 1 atom stereocenters. The molecule has 0 aliphatic rings. The highest BCUT2D eigenvalue weighted by Crippen LogP contribution is 2.34. The van der Waals surface area contributed by atoms with Gasteiger partial charge in [-0.05, 0) is 60.7 Å². The van der Waals surface area contributed by atoms with Crippen molar-refractivity contribution in [1.29, 1.82) is 0 Å². The largest absolute Gasteiger partial charge is 0.490 e. The molecule has 0 saturated heterocycles. The van der Waals surface area contributed by atoms with E-state index >= 15 is 0 Å². The Kier molecular flexibility index (Phi) is 10.1. The zero-order chi connectivity index (χ0) is 21.2. The maximum absolute atomic E-state index is 11.4. The molecule has 0 bridgehead atoms. The lowest BCUT2D eigenvalue weighted by atomic mass is 10.1. The fourth-order valence-electron chi connectivity index (χ4n) is 2.62. The topological polar surface area (TPSA) is 67.8 Å². The first kappa shape index (κ1) is 23.9. The second kappa shape index (κ2) is 12.3. The molecule has 5 nitrogen and oxygen atoms in total. The highest BCUT2D eigenvalue weighted by molar-refractivity contribution is 9.10. The standard InChI is InChI=1S/C21H25BrClNO4S/c1-3-27-19-10-15(12-24-18(21(25)26)8-9-29-2)17(22)11-20(19)28-13-14-4-6-16(23)7-5-14/h4-7,10-11,18,24H,3,8-9,12-13H2,1-2H3,(H,25,26). The smallest absolute Gasteiger partial charge is 0.320 e. The number of carboxylic acid groups (broad SMARTS) is 1. The molecule has 0 amide bonds. The number of hydrogen-bond donors (Lipinski definition) is 2. The lowest BCUT2D eigenvalue weighted by Gasteiger charge is -2.17. The van der Waals surface area contributed by atoms with Crippen LogP contribution >= 0.6 is 39.3 Å². The number of hydrogen-bond acceptors (Lipinski definition) is 5. The normalized spacial score (nSPS) is 11.9. The molecule has 2 aromatic rings. The van der Waals surface area contributed by atoms with Crippen molar-refractivity contribution >= 4 is 45.3 Å². The molecule has 0 aliphatic heterocycles. The number of carbonyl (C=O) groups is 1. The maximum atomic E-state index is 11.4. The first-order valence-electron chi connectivity index (χ1n) is 9.22. The number of rotatable bonds is 12. The molecule has 2 N–H and O–H groups in total. The summed E-state index contributed by atoms with van der Waals surface area (Å²) in [4.78, 5) is 11.4. The van der Waals surface area contributed by atoms with Crippen molar-refractivity contribution < 1.29 is 19.4 Å². The SMILES string of the molecule is CCOc1cc(CNC(CCSC)C(=O)O)c(Br)cc1OCc1ccc(Cl)cc1. The minimum atomic E-state index is -0.844. The molecule has 158 valence electrons. The van der Waals surface area contributed by atoms with E-state index in [0.717, 1.165) is 21.4 Å². The van der Waals surface area contributed by atoms with Crippen molar-refractivity contribution in [2.45, 2.75) is 32.5 Å². The Bertz CT molecular complexity index is 804. The molecule has 0 saturated carbocycles. The van der Waals surface area contributed by atoms with E-state index in [0.29, 0.717) is 42.7 Å². The zero-order valence-electron chi connectivity index (χ0n) is 16.4. The van der Waals surface area contributed by atoms with Crippen LogP contribution in [0, 0.1) is 0 Å². The van der Waals surface area contributed by atoms with Gasteiger partial charge in [0.05, 0.1) is 6.61 Å². The van der Waals surface area contributed by atoms with Crippen LogP contribution in [0.5, 0.6) is 11.5 Å². The van der Waals surface area contributed by atoms with Gasteiger partial charge < -0.3 is 19.9 Å². The van der Waals surface area contributed by atoms with Gasteiger partial charge in [0.15, 0.2) is 11.5 Å². The molecule has 1 unspecified atom stereocenters. The zero-order valence-corrected chi connectivity index (χ0v) is 19.6. The van der Waals surface area contributed by atoms with Gasteiger partial charge in [0.1, 0.15) is 12.6 Å². The quantitative estimate of drug-likeness (QED) is 0.406. The van der Waals surface area contributed by atoms with Crippen molar-refractivity contribution in [2.24, 2.45) is 0 Å². The number of benzene rings is 2. The average molecular weight is 503 g/mol. The molecule has 0 heterocycles. The van der Waals surface area contributed by atoms with Gasteiger partial charge in [-0.25, -0.2) is 0 Å². The monoisotopic (exact) mass is 501 g/mol. The van der Waals surface area contributed by atoms with Crippen molar-refractivity contribution in [3.63, 3.8) is 0 Å². The molecule has 2 rings (SSSR count). The minimum Gasteiger partial charge on any atom is -0.490 e. The predicted octanol–water partition coefficient (Wildman–Crippen LogP) is 5.38. The lowest BCUT2D eigenvalue weighted by molar-refractivity contribution is -0.139. The highest BCUT2D eigenvalue weighted by atomic mass is 79.9. The number of aliphatic carboxylic acids is 1. The average Bonchev–Trinajstić information content (AvgIpc) is 2.69. The van der Waals surface area contributed by atoms with Gasteiger partial charge in [-0.3, -0.25) is 4.79 Å². The van der Waals surface area contributed by atoms with E-state index in [1.807, 2.05) is 49.6 Å². The summed E-state index contributed by atoms with van der Waals surface area (Å²) < 4.78 is 12.5. The molecular formula is C21H25BrClNO4S. The summed E-state index contributed by atoms with van der Waals surface area (Å²) in [5.74, 6) is 1.18. The number of nitrogens with one attached hydrogen (secondary N) is 1. The summed E-state index contributed by atoms with van der Waals surface area (Å²) in [6.07, 6.45) is 2.53. The van der Waals surface area contributed by atoms with E-state index < -0.39 is 12.0 Å². The molecule has 0 radical (unpaired) electrons. The minimum absolute atomic E-state index is 0.386. The van der Waals surface area contributed by atoms with E-state index in [1.165, 1.54) is 0 Å². The third-order valence-electron chi connectivity index (χ3n) is 4.17. The fraction of sp³-hybridized carbons (Fsp3) is 0.381. The molecule has 2 aromatic carbocycles. The summed E-state index contributed by atoms with van der Waals surface area (Å²) in [5.41, 5.74) is 1.90. The number of halogens is 2. The van der Waals surface area contributed by atoms with Gasteiger partial charge >= 0.3 is 5.97 Å². The van der Waals surface area contributed by atoms with Gasteiger partial charge in [0, 0.05) is 16.0 Å². The van der Waals surface area contributed by atoms with Crippen LogP contribution in [0.3, 0.4) is 0 Å². The molecular weight excluding hydrogens is 478 g/mol. The van der Waals surface area contributed by atoms with Crippen molar-refractivity contribution in [1.82, 2.24) is 5.32 Å². The Morgan fingerprint density at radius 3 is 2.55 bits per heavy atom. The van der Waals surface area contributed by atoms with Crippen molar-refractivity contribution in [2.75, 3.05) is 18.6 Å². The Balaban J connectivity index is 2.11. The molecule has 29 heavy (non-hydrogen) atoms. The maximum Gasteiger partial charge on any atom is 0.320 e. The van der Waals surface area contributed by atoms with Crippen LogP contribution in [0.25, 0.3) is 0 Å². The Morgan fingerprint density at radius 1 is 1.24 bits per heavy atom. The molecule has 0 fully saturated rings. The van der Waals surface area contributed by atoms with Gasteiger partial charge in [-0.2, -0.15) is 11.8 Å². The van der Waals surface area contributed by atoms with Crippen LogP contribution in [0.1, 0.15) is 24.5 Å². The van der Waals surface area contributed by atoms with E-state index in [9.17, 15) is 9.90 Å². The summed E-state index contributed by atoms with van der Waals surface area (Å²) in [6, 6.07) is 10.6. The number of carboxylic acids is 1. The fourth-order valence-corrected chi connectivity index (χ4v) is 3.68. The Morgan fingerprint density at radius 2 is 1.93 bits per heavy atom. The summed E-state index contributed by atoms with van der Waals surface area (Å²) >= 11 is 11.1. The van der Waals surface area contributed by atoms with E-state index in [-0.39, 0.29) is 0 Å². The van der Waals surface area contributed by atoms with Crippen LogP contribution in [0.4, 0.5) is 0 Å². The molecule has 0 spiro atoms. The Labute approximate surface area is 189 Å². The van der Waals surface area contributed by atoms with Crippen LogP contribution in [0.15, 0.2) is 40.9 Å². The van der Waals surface area contributed by atoms with Gasteiger partial charge in [0.2, 0.25) is 0 Å². The summed E-state index contributed by atoms with van der Waals surface area (Å²) in [7, 11) is 0. The number of thioether (sulfide) groups is 1. The van der Waals surface area contributed by atoms with Gasteiger partial charge in [-0.15, -0.1) is 0 Å². The van der Waals surface area contributed by atoms with E-state index in [2.05, 4.69) is 21.2 Å². The molecule has 0 aromatic heterocycles. The second-order valence-electron chi connectivity index (χ2n) is 6.29. The van der Waals surface area contributed by atoms with Crippen LogP contribution < -0.4 is 14.8 Å². The van der Waals surface area contributed by atoms with E-state index in [4.69, 9.17) is 21.1 Å². The molecule has 8 heteroatoms. The highest BCUT2D eigenvalue weighted by Gasteiger charge is 2.18. The van der Waals surface area contributed by atoms with Crippen molar-refractivity contribution in [3.8, 4) is 11.5 Å². The van der Waals surface area contributed by atoms with Gasteiger partial charge in [-0.1, -0.05) is 39.7 Å². The first-order valence-corrected chi connectivity index (χ1v) is 11.8. The van der Waals surface area contributed by atoms with Crippen LogP contribution in [-0.2, 0) is 17.9 Å². The predicted molar refractivity (Wildman–Crippen MR) is 122 cm³/mol. The number of ether oxygens (including phenoxy) is 2. The second-order valence-corrected chi connectivity index (χ2v) is 8.57. The summed E-state index contributed by atoms with van der Waals surface area (Å²) in [5, 5.41) is 13.2. The van der Waals surface area contributed by atoms with Crippen molar-refractivity contribution in [3.05, 3.63) is 57.0 Å². The third-order valence-corrected chi connectivity index (χ3v) is 5.80. The van der Waals surface area contributed by atoms with Crippen LogP contribution in [0.2, 0.25) is 5.02 Å². The third kappa shape index (κ3) is 7.74. The Hall–Kier alpha value is -1.41.